The molecule has 0 N–H and O–H groups in total. The van der Waals surface area contributed by atoms with Crippen molar-refractivity contribution in [3.05, 3.63) is 40.4 Å². The molecular formula is C19H23N3O2. The molecule has 1 aromatic carbocycles. The molecule has 1 unspecified atom stereocenters. The molecule has 2 fully saturated rings. The van der Waals surface area contributed by atoms with Gasteiger partial charge in [-0.3, -0.25) is 14.2 Å². The fourth-order valence-electron chi connectivity index (χ4n) is 4.24. The number of carbonyl (C=O) groups is 1. The van der Waals surface area contributed by atoms with Gasteiger partial charge < -0.3 is 4.90 Å². The molecule has 1 amide bonds. The number of amides is 1. The second-order valence-electron chi connectivity index (χ2n) is 7.02. The van der Waals surface area contributed by atoms with E-state index in [1.807, 2.05) is 29.2 Å². The minimum absolute atomic E-state index is 0.0317. The van der Waals surface area contributed by atoms with Gasteiger partial charge in [-0.2, -0.15) is 0 Å². The Morgan fingerprint density at radius 2 is 1.88 bits per heavy atom. The first-order valence-electron chi connectivity index (χ1n) is 8.93. The maximum atomic E-state index is 12.9. The van der Waals surface area contributed by atoms with Crippen LogP contribution in [-0.2, 0) is 11.8 Å². The largest absolute Gasteiger partial charge is 0.332 e. The van der Waals surface area contributed by atoms with Crippen LogP contribution in [0.3, 0.4) is 0 Å². The summed E-state index contributed by atoms with van der Waals surface area (Å²) in [5.74, 6) is 1.16. The average molecular weight is 325 g/mol. The molecule has 5 nitrogen and oxygen atoms in total. The Hall–Kier alpha value is -2.17. The van der Waals surface area contributed by atoms with Crippen LogP contribution in [0.4, 0.5) is 0 Å². The number of hydrogen-bond donors (Lipinski definition) is 0. The van der Waals surface area contributed by atoms with Gasteiger partial charge in [0.25, 0.3) is 5.56 Å². The van der Waals surface area contributed by atoms with Crippen molar-refractivity contribution in [1.82, 2.24) is 14.5 Å². The molecule has 1 aromatic heterocycles. The molecule has 2 aliphatic rings. The van der Waals surface area contributed by atoms with Crippen molar-refractivity contribution in [2.75, 3.05) is 6.54 Å². The third kappa shape index (κ3) is 2.43. The minimum atomic E-state index is -0.0691. The molecule has 2 heterocycles. The molecule has 1 aliphatic heterocycles. The van der Waals surface area contributed by atoms with Crippen molar-refractivity contribution < 1.29 is 4.79 Å². The van der Waals surface area contributed by atoms with E-state index in [9.17, 15) is 9.59 Å². The summed E-state index contributed by atoms with van der Waals surface area (Å²) in [5, 5.41) is 0.635. The van der Waals surface area contributed by atoms with Gasteiger partial charge in [0.15, 0.2) is 0 Å². The number of carbonyl (C=O) groups excluding carboxylic acids is 1. The molecule has 126 valence electrons. The Morgan fingerprint density at radius 1 is 1.12 bits per heavy atom. The highest BCUT2D eigenvalue weighted by molar-refractivity contribution is 5.80. The quantitative estimate of drug-likeness (QED) is 0.853. The molecule has 24 heavy (non-hydrogen) atoms. The Bertz CT molecular complexity index is 836. The zero-order valence-corrected chi connectivity index (χ0v) is 14.1. The van der Waals surface area contributed by atoms with Gasteiger partial charge in [-0.1, -0.05) is 25.0 Å². The second-order valence-corrected chi connectivity index (χ2v) is 7.02. The predicted molar refractivity (Wildman–Crippen MR) is 92.6 cm³/mol. The van der Waals surface area contributed by atoms with E-state index >= 15 is 0 Å². The van der Waals surface area contributed by atoms with Crippen molar-refractivity contribution in [2.45, 2.75) is 44.6 Å². The first-order chi connectivity index (χ1) is 11.7. The van der Waals surface area contributed by atoms with E-state index in [1.165, 1.54) is 0 Å². The Morgan fingerprint density at radius 3 is 2.67 bits per heavy atom. The van der Waals surface area contributed by atoms with Crippen molar-refractivity contribution in [3.63, 3.8) is 0 Å². The van der Waals surface area contributed by atoms with Crippen LogP contribution >= 0.6 is 0 Å². The summed E-state index contributed by atoms with van der Waals surface area (Å²) in [7, 11) is 1.77. The Kier molecular flexibility index (Phi) is 3.87. The minimum Gasteiger partial charge on any atom is -0.332 e. The Balaban J connectivity index is 1.74. The SMILES string of the molecule is Cn1c(C2CCCN2C(=O)C2CCCC2)nc2ccccc2c1=O. The molecule has 2 aromatic rings. The van der Waals surface area contributed by atoms with Crippen molar-refractivity contribution >= 4 is 16.8 Å². The maximum Gasteiger partial charge on any atom is 0.261 e. The van der Waals surface area contributed by atoms with Gasteiger partial charge in [-0.25, -0.2) is 4.98 Å². The van der Waals surface area contributed by atoms with E-state index in [4.69, 9.17) is 4.98 Å². The highest BCUT2D eigenvalue weighted by Gasteiger charge is 2.36. The van der Waals surface area contributed by atoms with E-state index in [0.29, 0.717) is 5.39 Å². The van der Waals surface area contributed by atoms with Gasteiger partial charge in [-0.15, -0.1) is 0 Å². The van der Waals surface area contributed by atoms with Gasteiger partial charge in [0, 0.05) is 19.5 Å². The van der Waals surface area contributed by atoms with E-state index < -0.39 is 0 Å². The Labute approximate surface area is 141 Å². The lowest BCUT2D eigenvalue weighted by Crippen LogP contribution is -2.37. The molecule has 1 atom stereocenters. The van der Waals surface area contributed by atoms with Gasteiger partial charge in [0.2, 0.25) is 5.91 Å². The van der Waals surface area contributed by atoms with Crippen LogP contribution in [0.1, 0.15) is 50.4 Å². The maximum absolute atomic E-state index is 12.9. The van der Waals surface area contributed by atoms with E-state index in [2.05, 4.69) is 0 Å². The summed E-state index contributed by atoms with van der Waals surface area (Å²) in [4.78, 5) is 32.3. The van der Waals surface area contributed by atoms with E-state index in [-0.39, 0.29) is 23.4 Å². The number of para-hydroxylation sites is 1. The highest BCUT2D eigenvalue weighted by Crippen LogP contribution is 2.35. The normalized spacial score (nSPS) is 21.7. The van der Waals surface area contributed by atoms with Crippen LogP contribution < -0.4 is 5.56 Å². The molecule has 5 heteroatoms. The van der Waals surface area contributed by atoms with Crippen LogP contribution in [0, 0.1) is 5.92 Å². The third-order valence-electron chi connectivity index (χ3n) is 5.56. The topological polar surface area (TPSA) is 55.2 Å². The van der Waals surface area contributed by atoms with Crippen molar-refractivity contribution in [1.29, 1.82) is 0 Å². The van der Waals surface area contributed by atoms with Gasteiger partial charge >= 0.3 is 0 Å². The van der Waals surface area contributed by atoms with Crippen molar-refractivity contribution in [2.24, 2.45) is 13.0 Å². The fraction of sp³-hybridized carbons (Fsp3) is 0.526. The first kappa shape index (κ1) is 15.4. The zero-order valence-electron chi connectivity index (χ0n) is 14.1. The fourth-order valence-corrected chi connectivity index (χ4v) is 4.24. The smallest absolute Gasteiger partial charge is 0.261 e. The molecule has 1 saturated carbocycles. The number of hydrogen-bond acceptors (Lipinski definition) is 3. The van der Waals surface area contributed by atoms with Crippen LogP contribution in [0.5, 0.6) is 0 Å². The van der Waals surface area contributed by atoms with Gasteiger partial charge in [0.05, 0.1) is 16.9 Å². The molecular weight excluding hydrogens is 302 g/mol. The molecule has 1 saturated heterocycles. The van der Waals surface area contributed by atoms with E-state index in [0.717, 1.165) is 56.4 Å². The first-order valence-corrected chi connectivity index (χ1v) is 8.93. The van der Waals surface area contributed by atoms with Crippen molar-refractivity contribution in [3.8, 4) is 0 Å². The lowest BCUT2D eigenvalue weighted by atomic mass is 10.1. The highest BCUT2D eigenvalue weighted by atomic mass is 16.2. The van der Waals surface area contributed by atoms with Crippen LogP contribution in [0.15, 0.2) is 29.1 Å². The summed E-state index contributed by atoms with van der Waals surface area (Å²) in [6.45, 7) is 0.780. The van der Waals surface area contributed by atoms with Crippen LogP contribution in [0.2, 0.25) is 0 Å². The summed E-state index contributed by atoms with van der Waals surface area (Å²) >= 11 is 0. The lowest BCUT2D eigenvalue weighted by molar-refractivity contribution is -0.136. The second kappa shape index (κ2) is 6.04. The zero-order chi connectivity index (χ0) is 16.7. The summed E-state index contributed by atoms with van der Waals surface area (Å²) in [6.07, 6.45) is 6.18. The molecule has 4 rings (SSSR count). The standard InChI is InChI=1S/C19H23N3O2/c1-21-17(20-15-10-5-4-9-14(15)19(21)24)16-11-6-12-22(16)18(23)13-7-2-3-8-13/h4-5,9-10,13,16H,2-3,6-8,11-12H2,1H3. The average Bonchev–Trinajstić information content (AvgIpc) is 3.29. The number of benzene rings is 1. The molecule has 0 spiro atoms. The number of fused-ring (bicyclic) bond motifs is 1. The third-order valence-corrected chi connectivity index (χ3v) is 5.56. The molecule has 1 aliphatic carbocycles. The monoisotopic (exact) mass is 325 g/mol. The van der Waals surface area contributed by atoms with E-state index in [1.54, 1.807) is 11.6 Å². The van der Waals surface area contributed by atoms with Crippen LogP contribution in [-0.4, -0.2) is 26.9 Å². The number of nitrogens with zero attached hydrogens (tertiary/aromatic N) is 3. The lowest BCUT2D eigenvalue weighted by Gasteiger charge is -2.28. The summed E-state index contributed by atoms with van der Waals surface area (Å²) in [6, 6.07) is 7.37. The number of rotatable bonds is 2. The summed E-state index contributed by atoms with van der Waals surface area (Å²) in [5.41, 5.74) is 0.687. The molecule has 0 radical (unpaired) electrons. The van der Waals surface area contributed by atoms with Gasteiger partial charge in [-0.05, 0) is 37.8 Å². The predicted octanol–water partition coefficient (Wildman–Crippen LogP) is 2.79. The summed E-state index contributed by atoms with van der Waals surface area (Å²) < 4.78 is 1.63. The van der Waals surface area contributed by atoms with Crippen LogP contribution in [0.25, 0.3) is 10.9 Å². The number of aromatic nitrogens is 2. The van der Waals surface area contributed by atoms with Gasteiger partial charge in [0.1, 0.15) is 5.82 Å². The number of likely N-dealkylation sites (tertiary alicyclic amines) is 1. The molecule has 0 bridgehead atoms.